The number of anilines is 1. The maximum absolute atomic E-state index is 12.5. The standard InChI is InChI=1S/C17H28N6O/c1-13-11-22(15-4-5-15)8-9-23(12-13)17(24)19-10-14-6-7-18-16(20-14)21(2)3/h6-7,13,15H,4-5,8-12H2,1-3H3,(H,19,24). The van der Waals surface area contributed by atoms with Gasteiger partial charge in [-0.2, -0.15) is 0 Å². The first-order chi connectivity index (χ1) is 11.5. The van der Waals surface area contributed by atoms with Crippen molar-refractivity contribution in [1.82, 2.24) is 25.1 Å². The number of nitrogens with zero attached hydrogens (tertiary/aromatic N) is 5. The normalized spacial score (nSPS) is 22.1. The predicted molar refractivity (Wildman–Crippen MR) is 93.9 cm³/mol. The molecule has 2 heterocycles. The maximum Gasteiger partial charge on any atom is 0.317 e. The van der Waals surface area contributed by atoms with E-state index in [1.54, 1.807) is 6.20 Å². The first kappa shape index (κ1) is 17.0. The lowest BCUT2D eigenvalue weighted by atomic mass is 10.1. The molecule has 2 aliphatic rings. The fourth-order valence-corrected chi connectivity index (χ4v) is 3.20. The lowest BCUT2D eigenvalue weighted by Crippen LogP contribution is -2.42. The van der Waals surface area contributed by atoms with Gasteiger partial charge in [0.15, 0.2) is 0 Å². The van der Waals surface area contributed by atoms with Gasteiger partial charge in [0.1, 0.15) is 0 Å². The van der Waals surface area contributed by atoms with E-state index >= 15 is 0 Å². The Kier molecular flexibility index (Phi) is 5.18. The van der Waals surface area contributed by atoms with Crippen LogP contribution in [0.3, 0.4) is 0 Å². The zero-order valence-corrected chi connectivity index (χ0v) is 14.9. The van der Waals surface area contributed by atoms with E-state index < -0.39 is 0 Å². The molecule has 1 aromatic rings. The fraction of sp³-hybridized carbons (Fsp3) is 0.706. The molecule has 24 heavy (non-hydrogen) atoms. The lowest BCUT2D eigenvalue weighted by Gasteiger charge is -2.22. The Balaban J connectivity index is 1.53. The van der Waals surface area contributed by atoms with Gasteiger partial charge in [-0.05, 0) is 24.8 Å². The van der Waals surface area contributed by atoms with Crippen LogP contribution in [0, 0.1) is 5.92 Å². The first-order valence-electron chi connectivity index (χ1n) is 8.79. The van der Waals surface area contributed by atoms with Crippen LogP contribution in [0.5, 0.6) is 0 Å². The number of carbonyl (C=O) groups excluding carboxylic acids is 1. The summed E-state index contributed by atoms with van der Waals surface area (Å²) < 4.78 is 0. The van der Waals surface area contributed by atoms with Gasteiger partial charge in [-0.3, -0.25) is 4.90 Å². The molecule has 1 saturated heterocycles. The van der Waals surface area contributed by atoms with Crippen molar-refractivity contribution in [3.8, 4) is 0 Å². The van der Waals surface area contributed by atoms with E-state index in [4.69, 9.17) is 0 Å². The summed E-state index contributed by atoms with van der Waals surface area (Å²) in [5.74, 6) is 1.17. The first-order valence-corrected chi connectivity index (χ1v) is 8.79. The van der Waals surface area contributed by atoms with Crippen molar-refractivity contribution in [2.24, 2.45) is 5.92 Å². The molecule has 0 aromatic carbocycles. The Morgan fingerprint density at radius 1 is 1.33 bits per heavy atom. The summed E-state index contributed by atoms with van der Waals surface area (Å²) in [6, 6.07) is 2.61. The van der Waals surface area contributed by atoms with Crippen molar-refractivity contribution in [2.45, 2.75) is 32.4 Å². The Morgan fingerprint density at radius 2 is 2.12 bits per heavy atom. The number of amides is 2. The van der Waals surface area contributed by atoms with Crippen molar-refractivity contribution < 1.29 is 4.79 Å². The van der Waals surface area contributed by atoms with E-state index in [-0.39, 0.29) is 6.03 Å². The highest BCUT2D eigenvalue weighted by molar-refractivity contribution is 5.74. The summed E-state index contributed by atoms with van der Waals surface area (Å²) >= 11 is 0. The fourth-order valence-electron chi connectivity index (χ4n) is 3.20. The number of urea groups is 1. The van der Waals surface area contributed by atoms with E-state index in [1.807, 2.05) is 30.0 Å². The van der Waals surface area contributed by atoms with Gasteiger partial charge >= 0.3 is 6.03 Å². The van der Waals surface area contributed by atoms with Gasteiger partial charge in [-0.25, -0.2) is 14.8 Å². The predicted octanol–water partition coefficient (Wildman–Crippen LogP) is 1.17. The largest absolute Gasteiger partial charge is 0.347 e. The molecule has 1 atom stereocenters. The molecule has 7 nitrogen and oxygen atoms in total. The quantitative estimate of drug-likeness (QED) is 0.897. The van der Waals surface area contributed by atoms with Crippen molar-refractivity contribution in [2.75, 3.05) is 45.2 Å². The van der Waals surface area contributed by atoms with Gasteiger partial charge < -0.3 is 15.1 Å². The monoisotopic (exact) mass is 332 g/mol. The molecule has 0 radical (unpaired) electrons. The third kappa shape index (κ3) is 4.35. The minimum Gasteiger partial charge on any atom is -0.347 e. The molecule has 1 aromatic heterocycles. The van der Waals surface area contributed by atoms with Gasteiger partial charge in [-0.15, -0.1) is 0 Å². The smallest absolute Gasteiger partial charge is 0.317 e. The third-order valence-corrected chi connectivity index (χ3v) is 4.61. The highest BCUT2D eigenvalue weighted by Crippen LogP contribution is 2.28. The number of rotatable bonds is 4. The molecule has 132 valence electrons. The molecule has 1 unspecified atom stereocenters. The number of aromatic nitrogens is 2. The molecular formula is C17H28N6O. The number of carbonyl (C=O) groups is 1. The van der Waals surface area contributed by atoms with Crippen LogP contribution in [0.2, 0.25) is 0 Å². The van der Waals surface area contributed by atoms with Gasteiger partial charge in [0.05, 0.1) is 12.2 Å². The van der Waals surface area contributed by atoms with Crippen LogP contribution < -0.4 is 10.2 Å². The second-order valence-corrected chi connectivity index (χ2v) is 7.18. The molecule has 3 rings (SSSR count). The van der Waals surface area contributed by atoms with E-state index in [0.717, 1.165) is 37.9 Å². The molecule has 0 bridgehead atoms. The zero-order valence-electron chi connectivity index (χ0n) is 14.9. The maximum atomic E-state index is 12.5. The Labute approximate surface area is 144 Å². The van der Waals surface area contributed by atoms with Gasteiger partial charge in [0.25, 0.3) is 0 Å². The SMILES string of the molecule is CC1CN(C(=O)NCc2ccnc(N(C)C)n2)CCN(C2CC2)C1. The summed E-state index contributed by atoms with van der Waals surface area (Å²) in [5.41, 5.74) is 0.824. The van der Waals surface area contributed by atoms with Crippen LogP contribution in [0.4, 0.5) is 10.7 Å². The molecule has 1 aliphatic heterocycles. The summed E-state index contributed by atoms with van der Waals surface area (Å²) in [7, 11) is 3.81. The third-order valence-electron chi connectivity index (χ3n) is 4.61. The molecular weight excluding hydrogens is 304 g/mol. The number of hydrogen-bond acceptors (Lipinski definition) is 5. The van der Waals surface area contributed by atoms with Crippen LogP contribution in [0.1, 0.15) is 25.5 Å². The summed E-state index contributed by atoms with van der Waals surface area (Å²) in [6.45, 7) is 6.38. The van der Waals surface area contributed by atoms with Crippen molar-refractivity contribution in [3.05, 3.63) is 18.0 Å². The molecule has 1 saturated carbocycles. The number of hydrogen-bond donors (Lipinski definition) is 1. The minimum absolute atomic E-state index is 0.00418. The van der Waals surface area contributed by atoms with Crippen LogP contribution in [0.15, 0.2) is 12.3 Å². The summed E-state index contributed by atoms with van der Waals surface area (Å²) in [6.07, 6.45) is 4.37. The van der Waals surface area contributed by atoms with Gasteiger partial charge in [-0.1, -0.05) is 6.92 Å². The Morgan fingerprint density at radius 3 is 2.83 bits per heavy atom. The van der Waals surface area contributed by atoms with Gasteiger partial charge in [0, 0.05) is 52.5 Å². The minimum atomic E-state index is 0.00418. The van der Waals surface area contributed by atoms with Crippen LogP contribution in [0.25, 0.3) is 0 Å². The molecule has 2 amide bonds. The zero-order chi connectivity index (χ0) is 17.1. The van der Waals surface area contributed by atoms with Crippen molar-refractivity contribution >= 4 is 12.0 Å². The highest BCUT2D eigenvalue weighted by Gasteiger charge is 2.32. The molecule has 0 spiro atoms. The molecule has 1 aliphatic carbocycles. The topological polar surface area (TPSA) is 64.6 Å². The Hall–Kier alpha value is -1.89. The second-order valence-electron chi connectivity index (χ2n) is 7.18. The van der Waals surface area contributed by atoms with E-state index in [1.165, 1.54) is 12.8 Å². The number of nitrogens with one attached hydrogen (secondary N) is 1. The van der Waals surface area contributed by atoms with Crippen molar-refractivity contribution in [3.63, 3.8) is 0 Å². The van der Waals surface area contributed by atoms with Crippen LogP contribution in [-0.2, 0) is 6.54 Å². The summed E-state index contributed by atoms with van der Waals surface area (Å²) in [5, 5.41) is 3.00. The summed E-state index contributed by atoms with van der Waals surface area (Å²) in [4.78, 5) is 27.5. The van der Waals surface area contributed by atoms with E-state index in [9.17, 15) is 4.79 Å². The average Bonchev–Trinajstić information content (AvgIpc) is 3.40. The highest BCUT2D eigenvalue weighted by atomic mass is 16.2. The second kappa shape index (κ2) is 7.34. The van der Waals surface area contributed by atoms with Crippen LogP contribution >= 0.6 is 0 Å². The van der Waals surface area contributed by atoms with E-state index in [2.05, 4.69) is 27.1 Å². The van der Waals surface area contributed by atoms with Crippen molar-refractivity contribution in [1.29, 1.82) is 0 Å². The molecule has 1 N–H and O–H groups in total. The lowest BCUT2D eigenvalue weighted by molar-refractivity contribution is 0.194. The Bertz CT molecular complexity index is 574. The van der Waals surface area contributed by atoms with Gasteiger partial charge in [0.2, 0.25) is 5.95 Å². The van der Waals surface area contributed by atoms with E-state index in [0.29, 0.717) is 18.4 Å². The van der Waals surface area contributed by atoms with Crippen LogP contribution in [-0.4, -0.2) is 72.1 Å². The average molecular weight is 332 g/mol. The molecule has 7 heteroatoms. The molecule has 2 fully saturated rings.